The fourth-order valence-corrected chi connectivity index (χ4v) is 3.01. The number of carbonyl (C=O) groups excluding carboxylic acids is 1. The first kappa shape index (κ1) is 17.8. The zero-order valence-corrected chi connectivity index (χ0v) is 14.5. The molecule has 1 unspecified atom stereocenters. The lowest BCUT2D eigenvalue weighted by molar-refractivity contribution is 0.0505. The lowest BCUT2D eigenvalue weighted by Gasteiger charge is -2.33. The van der Waals surface area contributed by atoms with Crippen LogP contribution in [0.5, 0.6) is 0 Å². The van der Waals surface area contributed by atoms with Gasteiger partial charge >= 0.3 is 6.09 Å². The first-order valence-corrected chi connectivity index (χ1v) is 8.11. The number of hydrogen-bond acceptors (Lipinski definition) is 4. The molecule has 2 atom stereocenters. The maximum absolute atomic E-state index is 12.0. The summed E-state index contributed by atoms with van der Waals surface area (Å²) in [5.74, 6) is 0. The van der Waals surface area contributed by atoms with Crippen molar-refractivity contribution >= 4 is 6.09 Å². The van der Waals surface area contributed by atoms with Gasteiger partial charge in [-0.1, -0.05) is 30.3 Å². The molecule has 1 aromatic rings. The molecule has 1 aliphatic rings. The number of alkyl carbamates (subject to hydrolysis) is 1. The summed E-state index contributed by atoms with van der Waals surface area (Å²) in [6.45, 7) is 9.09. The second-order valence-corrected chi connectivity index (χ2v) is 7.57. The van der Waals surface area contributed by atoms with Gasteiger partial charge < -0.3 is 15.2 Å². The largest absolute Gasteiger partial charge is 0.444 e. The minimum atomic E-state index is -0.507. The second-order valence-electron chi connectivity index (χ2n) is 7.57. The fourth-order valence-electron chi connectivity index (χ4n) is 3.01. The van der Waals surface area contributed by atoms with Gasteiger partial charge in [0.25, 0.3) is 0 Å². The van der Waals surface area contributed by atoms with E-state index in [-0.39, 0.29) is 18.2 Å². The number of rotatable bonds is 4. The Bertz CT molecular complexity index is 527. The Morgan fingerprint density at radius 2 is 2.04 bits per heavy atom. The van der Waals surface area contributed by atoms with Gasteiger partial charge in [0.05, 0.1) is 6.61 Å². The number of aliphatic hydroxyl groups excluding tert-OH is 1. The minimum absolute atomic E-state index is 0.0225. The monoisotopic (exact) mass is 320 g/mol. The molecule has 2 rings (SSSR count). The van der Waals surface area contributed by atoms with E-state index < -0.39 is 11.7 Å². The normalized spacial score (nSPS) is 25.3. The molecule has 0 aromatic heterocycles. The molecule has 23 heavy (non-hydrogen) atoms. The Balaban J connectivity index is 1.99. The third kappa shape index (κ3) is 4.94. The molecule has 0 radical (unpaired) electrons. The Labute approximate surface area is 138 Å². The molecule has 1 saturated heterocycles. The standard InChI is InChI=1S/C18H28N2O3/c1-17(2,3)23-16(22)19-15-10-18(4,13-21)20(12-15)11-14-8-6-5-7-9-14/h5-9,15,21H,10-13H2,1-4H3,(H,19,22)/t15?,18-/m1/s1. The first-order valence-electron chi connectivity index (χ1n) is 8.11. The lowest BCUT2D eigenvalue weighted by Crippen LogP contribution is -2.43. The SMILES string of the molecule is CC(C)(C)OC(=O)NC1CN(Cc2ccccc2)[C@@](C)(CO)C1. The van der Waals surface area contributed by atoms with Crippen LogP contribution in [0, 0.1) is 0 Å². The Morgan fingerprint density at radius 1 is 1.39 bits per heavy atom. The molecule has 2 N–H and O–H groups in total. The zero-order valence-electron chi connectivity index (χ0n) is 14.5. The topological polar surface area (TPSA) is 61.8 Å². The van der Waals surface area contributed by atoms with Gasteiger partial charge in [0.1, 0.15) is 5.60 Å². The molecular formula is C18H28N2O3. The highest BCUT2D eigenvalue weighted by Gasteiger charge is 2.42. The number of amides is 1. The third-order valence-corrected chi connectivity index (χ3v) is 4.17. The molecule has 1 aliphatic heterocycles. The van der Waals surface area contributed by atoms with Gasteiger partial charge in [0.15, 0.2) is 0 Å². The van der Waals surface area contributed by atoms with E-state index in [1.165, 1.54) is 5.56 Å². The summed E-state index contributed by atoms with van der Waals surface area (Å²) in [6, 6.07) is 10.1. The van der Waals surface area contributed by atoms with E-state index in [1.54, 1.807) is 0 Å². The van der Waals surface area contributed by atoms with Crippen molar-refractivity contribution < 1.29 is 14.6 Å². The maximum atomic E-state index is 12.0. The summed E-state index contributed by atoms with van der Waals surface area (Å²) in [5.41, 5.74) is 0.354. The number of nitrogens with zero attached hydrogens (tertiary/aromatic N) is 1. The summed E-state index contributed by atoms with van der Waals surface area (Å²) < 4.78 is 5.32. The van der Waals surface area contributed by atoms with E-state index in [9.17, 15) is 9.90 Å². The van der Waals surface area contributed by atoms with Crippen molar-refractivity contribution in [2.75, 3.05) is 13.2 Å². The summed E-state index contributed by atoms with van der Waals surface area (Å²) in [7, 11) is 0. The third-order valence-electron chi connectivity index (χ3n) is 4.17. The van der Waals surface area contributed by atoms with Gasteiger partial charge in [-0.15, -0.1) is 0 Å². The predicted octanol–water partition coefficient (Wildman–Crippen LogP) is 2.54. The van der Waals surface area contributed by atoms with Crippen LogP contribution >= 0.6 is 0 Å². The van der Waals surface area contributed by atoms with Gasteiger partial charge in [-0.3, -0.25) is 4.90 Å². The Hall–Kier alpha value is -1.59. The van der Waals surface area contributed by atoms with Crippen molar-refractivity contribution in [3.05, 3.63) is 35.9 Å². The Morgan fingerprint density at radius 3 is 2.61 bits per heavy atom. The quantitative estimate of drug-likeness (QED) is 0.895. The van der Waals surface area contributed by atoms with Crippen LogP contribution in [0.4, 0.5) is 4.79 Å². The number of likely N-dealkylation sites (tertiary alicyclic amines) is 1. The number of hydrogen-bond donors (Lipinski definition) is 2. The number of benzene rings is 1. The van der Waals surface area contributed by atoms with Crippen molar-refractivity contribution in [2.45, 2.75) is 57.8 Å². The van der Waals surface area contributed by atoms with Crippen LogP contribution in [0.25, 0.3) is 0 Å². The number of carbonyl (C=O) groups is 1. The maximum Gasteiger partial charge on any atom is 0.407 e. The molecule has 5 nitrogen and oxygen atoms in total. The van der Waals surface area contributed by atoms with Crippen LogP contribution < -0.4 is 5.32 Å². The van der Waals surface area contributed by atoms with Crippen LogP contribution in [0.15, 0.2) is 30.3 Å². The molecular weight excluding hydrogens is 292 g/mol. The lowest BCUT2D eigenvalue weighted by atomic mass is 9.98. The second kappa shape index (κ2) is 6.89. The smallest absolute Gasteiger partial charge is 0.407 e. The number of nitrogens with one attached hydrogen (secondary N) is 1. The summed E-state index contributed by atoms with van der Waals surface area (Å²) in [4.78, 5) is 14.2. The molecule has 1 fully saturated rings. The van der Waals surface area contributed by atoms with E-state index in [4.69, 9.17) is 4.74 Å². The molecule has 1 amide bonds. The van der Waals surface area contributed by atoms with Crippen molar-refractivity contribution in [2.24, 2.45) is 0 Å². The molecule has 1 heterocycles. The highest BCUT2D eigenvalue weighted by molar-refractivity contribution is 5.68. The van der Waals surface area contributed by atoms with E-state index in [0.717, 1.165) is 6.54 Å². The van der Waals surface area contributed by atoms with Gasteiger partial charge in [-0.05, 0) is 39.7 Å². The van der Waals surface area contributed by atoms with E-state index in [0.29, 0.717) is 13.0 Å². The highest BCUT2D eigenvalue weighted by atomic mass is 16.6. The average molecular weight is 320 g/mol. The van der Waals surface area contributed by atoms with Crippen molar-refractivity contribution in [3.63, 3.8) is 0 Å². The van der Waals surface area contributed by atoms with Crippen LogP contribution in [-0.2, 0) is 11.3 Å². The van der Waals surface area contributed by atoms with Crippen LogP contribution in [0.2, 0.25) is 0 Å². The van der Waals surface area contributed by atoms with Crippen molar-refractivity contribution in [1.29, 1.82) is 0 Å². The van der Waals surface area contributed by atoms with E-state index in [2.05, 4.69) is 22.3 Å². The highest BCUT2D eigenvalue weighted by Crippen LogP contribution is 2.30. The summed E-state index contributed by atoms with van der Waals surface area (Å²) >= 11 is 0. The molecule has 128 valence electrons. The van der Waals surface area contributed by atoms with Gasteiger partial charge in [0.2, 0.25) is 0 Å². The first-order chi connectivity index (χ1) is 10.7. The van der Waals surface area contributed by atoms with Crippen molar-refractivity contribution in [3.8, 4) is 0 Å². The molecule has 0 spiro atoms. The van der Waals surface area contributed by atoms with Crippen LogP contribution in [0.3, 0.4) is 0 Å². The van der Waals surface area contributed by atoms with Crippen molar-refractivity contribution in [1.82, 2.24) is 10.2 Å². The number of ether oxygens (including phenoxy) is 1. The predicted molar refractivity (Wildman–Crippen MR) is 90.1 cm³/mol. The molecule has 0 saturated carbocycles. The van der Waals surface area contributed by atoms with Gasteiger partial charge in [0, 0.05) is 24.7 Å². The van der Waals surface area contributed by atoms with Crippen LogP contribution in [0.1, 0.15) is 39.7 Å². The average Bonchev–Trinajstić information content (AvgIpc) is 2.74. The zero-order chi connectivity index (χ0) is 17.1. The summed E-state index contributed by atoms with van der Waals surface area (Å²) in [5, 5.41) is 12.8. The van der Waals surface area contributed by atoms with Crippen LogP contribution in [-0.4, -0.2) is 46.4 Å². The van der Waals surface area contributed by atoms with E-state index >= 15 is 0 Å². The molecule has 0 bridgehead atoms. The Kier molecular flexibility index (Phi) is 5.32. The van der Waals surface area contributed by atoms with Gasteiger partial charge in [-0.2, -0.15) is 0 Å². The number of aliphatic hydroxyl groups is 1. The minimum Gasteiger partial charge on any atom is -0.444 e. The molecule has 5 heteroatoms. The fraction of sp³-hybridized carbons (Fsp3) is 0.611. The molecule has 1 aromatic carbocycles. The summed E-state index contributed by atoms with van der Waals surface area (Å²) in [6.07, 6.45) is 0.305. The molecule has 0 aliphatic carbocycles. The van der Waals surface area contributed by atoms with Gasteiger partial charge in [-0.25, -0.2) is 4.79 Å². The van der Waals surface area contributed by atoms with E-state index in [1.807, 2.05) is 45.9 Å².